The number of nitrogens with one attached hydrogen (secondary N) is 1. The van der Waals surface area contributed by atoms with Crippen LogP contribution in [0.2, 0.25) is 0 Å². The van der Waals surface area contributed by atoms with E-state index in [4.69, 9.17) is 5.10 Å². The van der Waals surface area contributed by atoms with Crippen molar-refractivity contribution < 1.29 is 4.79 Å². The van der Waals surface area contributed by atoms with Gasteiger partial charge in [-0.1, -0.05) is 25.0 Å². The van der Waals surface area contributed by atoms with Gasteiger partial charge in [-0.15, -0.1) is 22.0 Å². The first kappa shape index (κ1) is 19.7. The fraction of sp³-hybridized carbons (Fsp3) is 0.261. The van der Waals surface area contributed by atoms with Gasteiger partial charge in [0.1, 0.15) is 0 Å². The molecule has 0 bridgehead atoms. The van der Waals surface area contributed by atoms with Gasteiger partial charge in [0.05, 0.1) is 11.4 Å². The minimum absolute atomic E-state index is 0.0382. The zero-order valence-corrected chi connectivity index (χ0v) is 17.8. The van der Waals surface area contributed by atoms with Gasteiger partial charge in [-0.25, -0.2) is 0 Å². The highest BCUT2D eigenvalue weighted by atomic mass is 32.2. The van der Waals surface area contributed by atoms with Crippen molar-refractivity contribution in [2.24, 2.45) is 0 Å². The van der Waals surface area contributed by atoms with Gasteiger partial charge in [0, 0.05) is 34.5 Å². The summed E-state index contributed by atoms with van der Waals surface area (Å²) < 4.78 is 1.73. The first-order valence-electron chi connectivity index (χ1n) is 10.4. The van der Waals surface area contributed by atoms with Crippen LogP contribution in [0.25, 0.3) is 28.3 Å². The molecule has 156 valence electrons. The molecule has 0 spiro atoms. The molecule has 1 N–H and O–H groups in total. The molecule has 1 aromatic carbocycles. The molecule has 5 rings (SSSR count). The molecule has 1 amide bonds. The number of carbonyl (C=O) groups is 1. The molecule has 7 nitrogen and oxygen atoms in total. The van der Waals surface area contributed by atoms with E-state index in [1.165, 1.54) is 25.7 Å². The zero-order valence-electron chi connectivity index (χ0n) is 16.9. The fourth-order valence-electron chi connectivity index (χ4n) is 3.83. The van der Waals surface area contributed by atoms with Crippen molar-refractivity contribution in [2.75, 3.05) is 11.1 Å². The Morgan fingerprint density at radius 1 is 1.03 bits per heavy atom. The van der Waals surface area contributed by atoms with Crippen LogP contribution in [-0.2, 0) is 4.79 Å². The lowest BCUT2D eigenvalue weighted by atomic mass is 10.1. The Balaban J connectivity index is 1.36. The number of carbonyl (C=O) groups excluding carboxylic acids is 1. The maximum Gasteiger partial charge on any atom is 0.234 e. The summed E-state index contributed by atoms with van der Waals surface area (Å²) in [7, 11) is 0. The largest absolute Gasteiger partial charge is 0.325 e. The number of nitrogens with zero attached hydrogens (tertiary/aromatic N) is 5. The van der Waals surface area contributed by atoms with E-state index in [0.717, 1.165) is 22.5 Å². The van der Waals surface area contributed by atoms with Gasteiger partial charge >= 0.3 is 0 Å². The number of benzene rings is 1. The molecule has 8 heteroatoms. The third-order valence-electron chi connectivity index (χ3n) is 5.40. The minimum Gasteiger partial charge on any atom is -0.325 e. The van der Waals surface area contributed by atoms with Gasteiger partial charge in [-0.05, 0) is 49.2 Å². The highest BCUT2D eigenvalue weighted by molar-refractivity contribution is 8.00. The number of anilines is 1. The van der Waals surface area contributed by atoms with E-state index in [1.54, 1.807) is 28.7 Å². The summed E-state index contributed by atoms with van der Waals surface area (Å²) in [6.45, 7) is 0. The second kappa shape index (κ2) is 8.85. The molecule has 1 aliphatic carbocycles. The lowest BCUT2D eigenvalue weighted by Crippen LogP contribution is -2.15. The lowest BCUT2D eigenvalue weighted by molar-refractivity contribution is -0.113. The SMILES string of the molecule is O=C(CSC1CCCC1)Nc1cccc(-c2ccc3nnc(-c4ccncc4)n3n2)c1. The molecule has 3 aromatic heterocycles. The van der Waals surface area contributed by atoms with Gasteiger partial charge < -0.3 is 5.32 Å². The standard InChI is InChI=1S/C23H22N6OS/c30-22(15-31-19-6-1-2-7-19)25-18-5-3-4-17(14-18)20-8-9-21-26-27-23(29(21)28-20)16-10-12-24-13-11-16/h3-5,8-14,19H,1-2,6-7,15H2,(H,25,30). The second-order valence-corrected chi connectivity index (χ2v) is 8.88. The quantitative estimate of drug-likeness (QED) is 0.486. The van der Waals surface area contributed by atoms with Crippen LogP contribution in [0.1, 0.15) is 25.7 Å². The van der Waals surface area contributed by atoms with Gasteiger partial charge in [0.15, 0.2) is 11.5 Å². The minimum atomic E-state index is 0.0382. The molecule has 0 radical (unpaired) electrons. The fourth-order valence-corrected chi connectivity index (χ4v) is 4.95. The summed E-state index contributed by atoms with van der Waals surface area (Å²) >= 11 is 1.77. The number of rotatable bonds is 6. The van der Waals surface area contributed by atoms with E-state index < -0.39 is 0 Å². The van der Waals surface area contributed by atoms with Crippen LogP contribution in [0.15, 0.2) is 60.9 Å². The number of amides is 1. The summed E-state index contributed by atoms with van der Waals surface area (Å²) in [6, 6.07) is 15.3. The number of hydrogen-bond donors (Lipinski definition) is 1. The highest BCUT2D eigenvalue weighted by Gasteiger charge is 2.17. The van der Waals surface area contributed by atoms with Crippen molar-refractivity contribution >= 4 is 29.0 Å². The second-order valence-electron chi connectivity index (χ2n) is 7.59. The molecule has 0 atom stereocenters. The van der Waals surface area contributed by atoms with E-state index >= 15 is 0 Å². The van der Waals surface area contributed by atoms with Crippen molar-refractivity contribution in [2.45, 2.75) is 30.9 Å². The first-order valence-corrected chi connectivity index (χ1v) is 11.5. The summed E-state index contributed by atoms with van der Waals surface area (Å²) in [4.78, 5) is 16.4. The Morgan fingerprint density at radius 3 is 2.71 bits per heavy atom. The number of pyridine rings is 1. The topological polar surface area (TPSA) is 85.1 Å². The molecule has 1 aliphatic rings. The average molecular weight is 431 g/mol. The summed E-state index contributed by atoms with van der Waals surface area (Å²) in [6.07, 6.45) is 8.47. The molecular formula is C23H22N6OS. The van der Waals surface area contributed by atoms with Crippen LogP contribution < -0.4 is 5.32 Å². The Bertz CT molecular complexity index is 1200. The summed E-state index contributed by atoms with van der Waals surface area (Å²) in [5.74, 6) is 1.19. The van der Waals surface area contributed by atoms with Crippen LogP contribution in [0.3, 0.4) is 0 Å². The predicted octanol–water partition coefficient (Wildman–Crippen LogP) is 4.47. The van der Waals surface area contributed by atoms with E-state index in [1.807, 2.05) is 48.5 Å². The molecule has 1 saturated carbocycles. The Labute approximate surface area is 184 Å². The van der Waals surface area contributed by atoms with Gasteiger partial charge in [-0.2, -0.15) is 9.61 Å². The molecule has 3 heterocycles. The van der Waals surface area contributed by atoms with Crippen molar-refractivity contribution in [3.63, 3.8) is 0 Å². The monoisotopic (exact) mass is 430 g/mol. The van der Waals surface area contributed by atoms with Crippen LogP contribution in [0, 0.1) is 0 Å². The zero-order chi connectivity index (χ0) is 21.0. The maximum atomic E-state index is 12.4. The molecular weight excluding hydrogens is 408 g/mol. The number of thioether (sulfide) groups is 1. The number of fused-ring (bicyclic) bond motifs is 1. The van der Waals surface area contributed by atoms with Crippen molar-refractivity contribution in [1.29, 1.82) is 0 Å². The Kier molecular flexibility index (Phi) is 5.62. The molecule has 4 aromatic rings. The third kappa shape index (κ3) is 4.44. The van der Waals surface area contributed by atoms with Crippen LogP contribution in [0.5, 0.6) is 0 Å². The normalized spacial score (nSPS) is 14.2. The summed E-state index contributed by atoms with van der Waals surface area (Å²) in [5, 5.41) is 16.9. The molecule has 0 saturated heterocycles. The summed E-state index contributed by atoms with van der Waals surface area (Å²) in [5.41, 5.74) is 4.03. The Morgan fingerprint density at radius 2 is 1.87 bits per heavy atom. The lowest BCUT2D eigenvalue weighted by Gasteiger charge is -2.10. The van der Waals surface area contributed by atoms with Crippen LogP contribution >= 0.6 is 11.8 Å². The van der Waals surface area contributed by atoms with Crippen LogP contribution in [0.4, 0.5) is 5.69 Å². The number of hydrogen-bond acceptors (Lipinski definition) is 6. The maximum absolute atomic E-state index is 12.4. The number of aromatic nitrogens is 5. The van der Waals surface area contributed by atoms with E-state index in [0.29, 0.717) is 22.5 Å². The molecule has 0 aliphatic heterocycles. The highest BCUT2D eigenvalue weighted by Crippen LogP contribution is 2.29. The van der Waals surface area contributed by atoms with E-state index in [2.05, 4.69) is 20.5 Å². The first-order chi connectivity index (χ1) is 15.3. The van der Waals surface area contributed by atoms with Crippen molar-refractivity contribution in [3.05, 3.63) is 60.9 Å². The van der Waals surface area contributed by atoms with Crippen LogP contribution in [-0.4, -0.2) is 41.7 Å². The smallest absolute Gasteiger partial charge is 0.234 e. The molecule has 0 unspecified atom stereocenters. The third-order valence-corrected chi connectivity index (χ3v) is 6.77. The predicted molar refractivity (Wildman–Crippen MR) is 123 cm³/mol. The Hall–Kier alpha value is -3.26. The van der Waals surface area contributed by atoms with Gasteiger partial charge in [-0.3, -0.25) is 9.78 Å². The van der Waals surface area contributed by atoms with Crippen molar-refractivity contribution in [3.8, 4) is 22.6 Å². The van der Waals surface area contributed by atoms with Gasteiger partial charge in [0.2, 0.25) is 5.91 Å². The van der Waals surface area contributed by atoms with E-state index in [-0.39, 0.29) is 5.91 Å². The van der Waals surface area contributed by atoms with E-state index in [9.17, 15) is 4.79 Å². The van der Waals surface area contributed by atoms with Gasteiger partial charge in [0.25, 0.3) is 0 Å². The average Bonchev–Trinajstić information content (AvgIpc) is 3.48. The van der Waals surface area contributed by atoms with Crippen molar-refractivity contribution in [1.82, 2.24) is 24.8 Å². The molecule has 31 heavy (non-hydrogen) atoms. The molecule has 1 fully saturated rings.